The zero-order valence-corrected chi connectivity index (χ0v) is 15.8. The Kier molecular flexibility index (Phi) is 4.63. The third-order valence-electron chi connectivity index (χ3n) is 4.24. The maximum Gasteiger partial charge on any atom is 0.293 e. The van der Waals surface area contributed by atoms with Gasteiger partial charge < -0.3 is 0 Å². The van der Waals surface area contributed by atoms with Crippen LogP contribution in [0.25, 0.3) is 0 Å². The van der Waals surface area contributed by atoms with Crippen LogP contribution in [0.3, 0.4) is 0 Å². The fraction of sp³-hybridized carbons (Fsp3) is 0.167. The maximum atomic E-state index is 13.0. The van der Waals surface area contributed by atoms with Crippen molar-refractivity contribution in [2.75, 3.05) is 16.2 Å². The third-order valence-corrected chi connectivity index (χ3v) is 7.24. The van der Waals surface area contributed by atoms with Crippen molar-refractivity contribution in [2.24, 2.45) is 0 Å². The van der Waals surface area contributed by atoms with E-state index in [-0.39, 0.29) is 15.4 Å². The average Bonchev–Trinajstić information content (AvgIpc) is 3.17. The molecule has 9 heteroatoms. The largest absolute Gasteiger partial charge is 0.296 e. The van der Waals surface area contributed by atoms with Gasteiger partial charge in [0, 0.05) is 12.1 Å². The average molecular weight is 400 g/mol. The van der Waals surface area contributed by atoms with E-state index in [1.807, 2.05) is 24.3 Å². The van der Waals surface area contributed by atoms with Gasteiger partial charge in [0.1, 0.15) is 0 Å². The summed E-state index contributed by atoms with van der Waals surface area (Å²) >= 11 is 0.847. The first-order valence-corrected chi connectivity index (χ1v) is 10.6. The van der Waals surface area contributed by atoms with Crippen LogP contribution in [0.15, 0.2) is 58.9 Å². The van der Waals surface area contributed by atoms with E-state index in [4.69, 9.17) is 0 Å². The Hall–Kier alpha value is -2.78. The van der Waals surface area contributed by atoms with Gasteiger partial charge in [-0.15, -0.1) is 10.2 Å². The molecule has 138 valence electrons. The Balaban J connectivity index is 1.59. The van der Waals surface area contributed by atoms with Gasteiger partial charge in [-0.2, -0.15) is 8.42 Å². The standard InChI is InChI=1S/C18H16N4O3S2/c23-16(14-8-2-1-3-9-14)19-17-20-21-18(26-17)27(24,25)22-12-6-10-13-7-4-5-11-15(13)22/h1-5,7-9,11H,6,10,12H2,(H,19,20,23). The zero-order chi connectivity index (χ0) is 18.9. The van der Waals surface area contributed by atoms with E-state index in [1.165, 1.54) is 4.31 Å². The fourth-order valence-electron chi connectivity index (χ4n) is 2.97. The Morgan fingerprint density at radius 1 is 1.04 bits per heavy atom. The van der Waals surface area contributed by atoms with Crippen LogP contribution < -0.4 is 9.62 Å². The second kappa shape index (κ2) is 7.09. The summed E-state index contributed by atoms with van der Waals surface area (Å²) in [6.07, 6.45) is 1.59. The molecule has 0 fully saturated rings. The van der Waals surface area contributed by atoms with Crippen LogP contribution in [-0.2, 0) is 16.4 Å². The second-order valence-electron chi connectivity index (χ2n) is 6.00. The second-order valence-corrected chi connectivity index (χ2v) is 9.02. The maximum absolute atomic E-state index is 13.0. The predicted octanol–water partition coefficient (Wildman–Crippen LogP) is 2.93. The van der Waals surface area contributed by atoms with Crippen molar-refractivity contribution in [1.29, 1.82) is 0 Å². The minimum atomic E-state index is -3.83. The Morgan fingerprint density at radius 2 is 1.78 bits per heavy atom. The molecule has 0 atom stereocenters. The number of fused-ring (bicyclic) bond motifs is 1. The van der Waals surface area contributed by atoms with E-state index in [1.54, 1.807) is 30.3 Å². The number of carbonyl (C=O) groups is 1. The topological polar surface area (TPSA) is 92.3 Å². The number of hydrogen-bond donors (Lipinski definition) is 1. The Morgan fingerprint density at radius 3 is 2.59 bits per heavy atom. The molecule has 1 aliphatic rings. The molecule has 7 nitrogen and oxygen atoms in total. The van der Waals surface area contributed by atoms with Crippen molar-refractivity contribution in [3.05, 3.63) is 65.7 Å². The highest BCUT2D eigenvalue weighted by Crippen LogP contribution is 2.33. The molecular formula is C18H16N4O3S2. The monoisotopic (exact) mass is 400 g/mol. The number of amides is 1. The van der Waals surface area contributed by atoms with Crippen LogP contribution in [-0.4, -0.2) is 31.1 Å². The predicted molar refractivity (Wildman–Crippen MR) is 104 cm³/mol. The van der Waals surface area contributed by atoms with Crippen LogP contribution in [0.5, 0.6) is 0 Å². The normalized spacial score (nSPS) is 13.9. The highest BCUT2D eigenvalue weighted by Gasteiger charge is 2.32. The fourth-order valence-corrected chi connectivity index (χ4v) is 5.51. The molecule has 0 bridgehead atoms. The molecule has 1 N–H and O–H groups in total. The number of nitrogens with one attached hydrogen (secondary N) is 1. The molecular weight excluding hydrogens is 384 g/mol. The molecule has 0 radical (unpaired) electrons. The van der Waals surface area contributed by atoms with Crippen LogP contribution in [0.2, 0.25) is 0 Å². The molecule has 1 aliphatic heterocycles. The van der Waals surface area contributed by atoms with Crippen LogP contribution in [0.1, 0.15) is 22.3 Å². The lowest BCUT2D eigenvalue weighted by molar-refractivity contribution is 0.102. The number of hydrogen-bond acceptors (Lipinski definition) is 6. The molecule has 2 heterocycles. The lowest BCUT2D eigenvalue weighted by atomic mass is 10.0. The summed E-state index contributed by atoms with van der Waals surface area (Å²) in [6, 6.07) is 16.1. The summed E-state index contributed by atoms with van der Waals surface area (Å²) in [5.74, 6) is -0.362. The molecule has 4 rings (SSSR count). The van der Waals surface area contributed by atoms with Crippen LogP contribution in [0, 0.1) is 0 Å². The van der Waals surface area contributed by atoms with E-state index < -0.39 is 10.0 Å². The number of para-hydroxylation sites is 1. The van der Waals surface area contributed by atoms with Gasteiger partial charge in [0.15, 0.2) is 0 Å². The highest BCUT2D eigenvalue weighted by molar-refractivity contribution is 7.94. The zero-order valence-electron chi connectivity index (χ0n) is 14.2. The molecule has 0 saturated carbocycles. The molecule has 3 aromatic rings. The molecule has 1 aromatic heterocycles. The van der Waals surface area contributed by atoms with E-state index >= 15 is 0 Å². The molecule has 0 spiro atoms. The Bertz CT molecular complexity index is 1080. The van der Waals surface area contributed by atoms with Crippen molar-refractivity contribution in [2.45, 2.75) is 17.2 Å². The summed E-state index contributed by atoms with van der Waals surface area (Å²) in [7, 11) is -3.83. The summed E-state index contributed by atoms with van der Waals surface area (Å²) in [4.78, 5) is 12.2. The molecule has 2 aromatic carbocycles. The minimum Gasteiger partial charge on any atom is -0.296 e. The van der Waals surface area contributed by atoms with E-state index in [0.717, 1.165) is 29.7 Å². The number of rotatable bonds is 4. The van der Waals surface area contributed by atoms with E-state index in [0.29, 0.717) is 17.8 Å². The van der Waals surface area contributed by atoms with Gasteiger partial charge in [-0.25, -0.2) is 0 Å². The highest BCUT2D eigenvalue weighted by atomic mass is 32.2. The molecule has 0 aliphatic carbocycles. The summed E-state index contributed by atoms with van der Waals surface area (Å²) < 4.78 is 27.3. The number of aryl methyl sites for hydroxylation is 1. The smallest absolute Gasteiger partial charge is 0.293 e. The van der Waals surface area contributed by atoms with Crippen LogP contribution >= 0.6 is 11.3 Å². The van der Waals surface area contributed by atoms with Gasteiger partial charge in [0.2, 0.25) is 5.13 Å². The summed E-state index contributed by atoms with van der Waals surface area (Å²) in [5, 5.41) is 10.4. The van der Waals surface area contributed by atoms with Gasteiger partial charge in [-0.05, 0) is 36.6 Å². The molecule has 0 saturated heterocycles. The first kappa shape index (κ1) is 17.6. The van der Waals surface area contributed by atoms with Gasteiger partial charge in [0.05, 0.1) is 5.69 Å². The van der Waals surface area contributed by atoms with Crippen molar-refractivity contribution in [1.82, 2.24) is 10.2 Å². The lowest BCUT2D eigenvalue weighted by Gasteiger charge is -2.29. The number of nitrogens with zero attached hydrogens (tertiary/aromatic N) is 3. The first-order valence-electron chi connectivity index (χ1n) is 8.36. The van der Waals surface area contributed by atoms with Crippen LogP contribution in [0.4, 0.5) is 10.8 Å². The van der Waals surface area contributed by atoms with E-state index in [9.17, 15) is 13.2 Å². The summed E-state index contributed by atoms with van der Waals surface area (Å²) in [5.41, 5.74) is 2.13. The quantitative estimate of drug-likeness (QED) is 0.680. The van der Waals surface area contributed by atoms with Gasteiger partial charge in [-0.1, -0.05) is 47.7 Å². The number of carbonyl (C=O) groups excluding carboxylic acids is 1. The van der Waals surface area contributed by atoms with Crippen molar-refractivity contribution < 1.29 is 13.2 Å². The lowest BCUT2D eigenvalue weighted by Crippen LogP contribution is -2.35. The molecule has 0 unspecified atom stereocenters. The SMILES string of the molecule is O=C(Nc1nnc(S(=O)(=O)N2CCCc3ccccc32)s1)c1ccccc1. The third kappa shape index (κ3) is 3.43. The van der Waals surface area contributed by atoms with Crippen molar-refractivity contribution in [3.63, 3.8) is 0 Å². The van der Waals surface area contributed by atoms with Crippen molar-refractivity contribution >= 4 is 38.1 Å². The minimum absolute atomic E-state index is 0.137. The molecule has 27 heavy (non-hydrogen) atoms. The van der Waals surface area contributed by atoms with Gasteiger partial charge >= 0.3 is 0 Å². The Labute approximate surface area is 160 Å². The number of benzene rings is 2. The van der Waals surface area contributed by atoms with Gasteiger partial charge in [0.25, 0.3) is 20.3 Å². The number of sulfonamides is 1. The number of anilines is 2. The summed E-state index contributed by atoms with van der Waals surface area (Å²) in [6.45, 7) is 0.393. The first-order chi connectivity index (χ1) is 13.1. The number of aromatic nitrogens is 2. The van der Waals surface area contributed by atoms with Gasteiger partial charge in [-0.3, -0.25) is 14.4 Å². The molecule has 1 amide bonds. The van der Waals surface area contributed by atoms with E-state index in [2.05, 4.69) is 15.5 Å². The van der Waals surface area contributed by atoms with Crippen molar-refractivity contribution in [3.8, 4) is 0 Å².